The van der Waals surface area contributed by atoms with E-state index in [1.165, 1.54) is 0 Å². The molecule has 1 N–H and O–H groups in total. The van der Waals surface area contributed by atoms with Crippen molar-refractivity contribution >= 4 is 29.0 Å². The average Bonchev–Trinajstić information content (AvgIpc) is 2.68. The largest absolute Gasteiger partial charge is 0.417 e. The molecule has 28 heavy (non-hydrogen) atoms. The molecule has 1 fully saturated rings. The Morgan fingerprint density at radius 2 is 1.89 bits per heavy atom. The van der Waals surface area contributed by atoms with Crippen LogP contribution in [0.3, 0.4) is 0 Å². The van der Waals surface area contributed by atoms with Crippen molar-refractivity contribution in [3.63, 3.8) is 0 Å². The van der Waals surface area contributed by atoms with E-state index in [9.17, 15) is 18.0 Å². The summed E-state index contributed by atoms with van der Waals surface area (Å²) in [6, 6.07) is 10.3. The summed E-state index contributed by atoms with van der Waals surface area (Å²) < 4.78 is 38.2. The van der Waals surface area contributed by atoms with Crippen molar-refractivity contribution in [3.05, 3.63) is 53.2 Å². The van der Waals surface area contributed by atoms with Crippen LogP contribution in [0.1, 0.15) is 18.4 Å². The van der Waals surface area contributed by atoms with Gasteiger partial charge in [-0.3, -0.25) is 15.2 Å². The monoisotopic (exact) mass is 412 g/mol. The average molecular weight is 413 g/mol. The number of hydrogen-bond acceptors (Lipinski definition) is 4. The van der Waals surface area contributed by atoms with Gasteiger partial charge in [-0.2, -0.15) is 13.2 Å². The van der Waals surface area contributed by atoms with Gasteiger partial charge in [-0.1, -0.05) is 29.8 Å². The molecule has 2 heterocycles. The van der Waals surface area contributed by atoms with Crippen molar-refractivity contribution in [3.8, 4) is 0 Å². The van der Waals surface area contributed by atoms with Gasteiger partial charge in [-0.05, 0) is 31.0 Å². The molecule has 0 atom stereocenters. The molecule has 0 saturated carbocycles. The third-order valence-electron chi connectivity index (χ3n) is 4.74. The number of halogens is 4. The van der Waals surface area contributed by atoms with Gasteiger partial charge in [0, 0.05) is 32.3 Å². The highest BCUT2D eigenvalue weighted by Gasteiger charge is 2.33. The minimum Gasteiger partial charge on any atom is -0.355 e. The number of aromatic nitrogens is 1. The first-order chi connectivity index (χ1) is 13.3. The van der Waals surface area contributed by atoms with Gasteiger partial charge in [-0.15, -0.1) is 0 Å². The molecule has 1 saturated heterocycles. The Labute approximate surface area is 166 Å². The molecule has 5 nitrogen and oxygen atoms in total. The molecule has 1 aliphatic heterocycles. The number of hydrogen-bond donors (Lipinski definition) is 1. The molecule has 0 spiro atoms. The third-order valence-corrected chi connectivity index (χ3v) is 5.01. The van der Waals surface area contributed by atoms with Crippen LogP contribution in [0.5, 0.6) is 0 Å². The van der Waals surface area contributed by atoms with E-state index in [0.29, 0.717) is 31.7 Å². The van der Waals surface area contributed by atoms with Crippen LogP contribution < -0.4 is 15.3 Å². The van der Waals surface area contributed by atoms with Crippen LogP contribution in [0.4, 0.5) is 24.7 Å². The van der Waals surface area contributed by atoms with E-state index in [4.69, 9.17) is 11.6 Å². The highest BCUT2D eigenvalue weighted by molar-refractivity contribution is 6.33. The smallest absolute Gasteiger partial charge is 0.355 e. The Hall–Kier alpha value is -2.48. The van der Waals surface area contributed by atoms with Crippen LogP contribution >= 0.6 is 11.6 Å². The predicted molar refractivity (Wildman–Crippen MR) is 102 cm³/mol. The number of para-hydroxylation sites is 1. The first-order valence-electron chi connectivity index (χ1n) is 8.82. The van der Waals surface area contributed by atoms with Crippen molar-refractivity contribution in [1.82, 2.24) is 10.4 Å². The summed E-state index contributed by atoms with van der Waals surface area (Å²) in [4.78, 5) is 18.2. The molecule has 1 aromatic carbocycles. The molecule has 9 heteroatoms. The topological polar surface area (TPSA) is 48.5 Å². The molecule has 150 valence electrons. The minimum absolute atomic E-state index is 0.0402. The first-order valence-corrected chi connectivity index (χ1v) is 9.20. The van der Waals surface area contributed by atoms with Gasteiger partial charge in [0.15, 0.2) is 0 Å². The van der Waals surface area contributed by atoms with E-state index in [1.807, 2.05) is 35.2 Å². The molecule has 1 aliphatic rings. The van der Waals surface area contributed by atoms with Crippen LogP contribution in [0, 0.1) is 5.92 Å². The second-order valence-electron chi connectivity index (χ2n) is 6.66. The molecule has 3 rings (SSSR count). The van der Waals surface area contributed by atoms with Crippen molar-refractivity contribution in [1.29, 1.82) is 0 Å². The number of amides is 1. The zero-order valence-electron chi connectivity index (χ0n) is 15.2. The number of rotatable bonds is 4. The summed E-state index contributed by atoms with van der Waals surface area (Å²) in [5.41, 5.74) is 2.86. The van der Waals surface area contributed by atoms with E-state index >= 15 is 0 Å². The van der Waals surface area contributed by atoms with Crippen molar-refractivity contribution in [2.75, 3.05) is 30.0 Å². The second-order valence-corrected chi connectivity index (χ2v) is 7.07. The zero-order chi connectivity index (χ0) is 20.3. The van der Waals surface area contributed by atoms with Gasteiger partial charge in [-0.25, -0.2) is 4.98 Å². The summed E-state index contributed by atoms with van der Waals surface area (Å²) in [5, 5.41) is 1.63. The third kappa shape index (κ3) is 4.67. The Balaban J connectivity index is 1.58. The molecule has 0 radical (unpaired) electrons. The first kappa shape index (κ1) is 20.3. The van der Waals surface area contributed by atoms with Crippen LogP contribution in [0.2, 0.25) is 5.02 Å². The highest BCUT2D eigenvalue weighted by Crippen LogP contribution is 2.34. The lowest BCUT2D eigenvalue weighted by Gasteiger charge is -2.33. The number of alkyl halides is 3. The van der Waals surface area contributed by atoms with Gasteiger partial charge < -0.3 is 4.90 Å². The number of hydrazine groups is 1. The lowest BCUT2D eigenvalue weighted by Crippen LogP contribution is -2.46. The Bertz CT molecular complexity index is 824. The number of carbonyl (C=O) groups is 1. The fourth-order valence-electron chi connectivity index (χ4n) is 3.14. The fraction of sp³-hybridized carbons (Fsp3) is 0.368. The van der Waals surface area contributed by atoms with Gasteiger partial charge in [0.1, 0.15) is 5.82 Å². The maximum absolute atomic E-state index is 12.7. The fourth-order valence-corrected chi connectivity index (χ4v) is 3.43. The lowest BCUT2D eigenvalue weighted by atomic mass is 9.96. The standard InChI is InChI=1S/C19H20ClF3N4O/c1-26(15-5-3-2-4-6-15)25-18(28)13-7-9-27(10-8-13)17-16(20)11-14(12-24-17)19(21,22)23/h2-6,11-13H,7-10H2,1H3,(H,25,28). The van der Waals surface area contributed by atoms with E-state index in [2.05, 4.69) is 10.4 Å². The summed E-state index contributed by atoms with van der Waals surface area (Å²) in [6.07, 6.45) is -2.57. The molecule has 0 bridgehead atoms. The van der Waals surface area contributed by atoms with E-state index in [1.54, 1.807) is 12.1 Å². The molecular formula is C19H20ClF3N4O. The SMILES string of the molecule is CN(NC(=O)C1CCN(c2ncc(C(F)(F)F)cc2Cl)CC1)c1ccccc1. The molecule has 2 aromatic rings. The number of piperidine rings is 1. The van der Waals surface area contributed by atoms with Crippen LogP contribution in [0.25, 0.3) is 0 Å². The summed E-state index contributed by atoms with van der Waals surface area (Å²) >= 11 is 6.01. The molecule has 1 aromatic heterocycles. The predicted octanol–water partition coefficient (Wildman–Crippen LogP) is 4.14. The van der Waals surface area contributed by atoms with Gasteiger partial charge in [0.25, 0.3) is 0 Å². The quantitative estimate of drug-likeness (QED) is 0.767. The van der Waals surface area contributed by atoms with Gasteiger partial charge in [0.05, 0.1) is 16.3 Å². The normalized spacial score (nSPS) is 15.4. The second kappa shape index (κ2) is 8.26. The van der Waals surface area contributed by atoms with Crippen LogP contribution in [-0.4, -0.2) is 31.0 Å². The van der Waals surface area contributed by atoms with E-state index < -0.39 is 11.7 Å². The number of pyridine rings is 1. The van der Waals surface area contributed by atoms with Crippen LogP contribution in [0.15, 0.2) is 42.6 Å². The number of anilines is 2. The molecule has 1 amide bonds. The Morgan fingerprint density at radius 1 is 1.25 bits per heavy atom. The Kier molecular flexibility index (Phi) is 5.98. The summed E-state index contributed by atoms with van der Waals surface area (Å²) in [5.74, 6) is 0.0445. The lowest BCUT2D eigenvalue weighted by molar-refractivity contribution is -0.137. The van der Waals surface area contributed by atoms with E-state index in [0.717, 1.165) is 18.0 Å². The molecule has 0 aliphatic carbocycles. The zero-order valence-corrected chi connectivity index (χ0v) is 16.0. The van der Waals surface area contributed by atoms with Gasteiger partial charge in [0.2, 0.25) is 5.91 Å². The minimum atomic E-state index is -4.48. The number of carbonyl (C=O) groups excluding carboxylic acids is 1. The van der Waals surface area contributed by atoms with Crippen LogP contribution in [-0.2, 0) is 11.0 Å². The maximum Gasteiger partial charge on any atom is 0.417 e. The highest BCUT2D eigenvalue weighted by atomic mass is 35.5. The van der Waals surface area contributed by atoms with E-state index in [-0.39, 0.29) is 16.8 Å². The van der Waals surface area contributed by atoms with Crippen molar-refractivity contribution in [2.45, 2.75) is 19.0 Å². The summed E-state index contributed by atoms with van der Waals surface area (Å²) in [7, 11) is 1.77. The van der Waals surface area contributed by atoms with Crippen molar-refractivity contribution in [2.24, 2.45) is 5.92 Å². The summed E-state index contributed by atoms with van der Waals surface area (Å²) in [6.45, 7) is 0.983. The van der Waals surface area contributed by atoms with Crippen molar-refractivity contribution < 1.29 is 18.0 Å². The van der Waals surface area contributed by atoms with Gasteiger partial charge >= 0.3 is 6.18 Å². The Morgan fingerprint density at radius 3 is 2.46 bits per heavy atom. The number of benzene rings is 1. The molecular weight excluding hydrogens is 393 g/mol. The maximum atomic E-state index is 12.7. The number of nitrogens with one attached hydrogen (secondary N) is 1. The molecule has 0 unspecified atom stereocenters. The number of nitrogens with zero attached hydrogens (tertiary/aromatic N) is 3.